The van der Waals surface area contributed by atoms with E-state index < -0.39 is 8.32 Å². The topological polar surface area (TPSA) is 35.5 Å². The van der Waals surface area contributed by atoms with E-state index in [0.29, 0.717) is 12.5 Å². The van der Waals surface area contributed by atoms with Gasteiger partial charge >= 0.3 is 5.97 Å². The van der Waals surface area contributed by atoms with Crippen molar-refractivity contribution in [1.82, 2.24) is 0 Å². The van der Waals surface area contributed by atoms with E-state index in [1.165, 1.54) is 31.8 Å². The molecular formula is C22H40O3Si. The largest absolute Gasteiger partial charge is 0.458 e. The lowest BCUT2D eigenvalue weighted by Crippen LogP contribution is -2.48. The van der Waals surface area contributed by atoms with Crippen molar-refractivity contribution in [3.63, 3.8) is 0 Å². The fourth-order valence-electron chi connectivity index (χ4n) is 4.75. The zero-order valence-corrected chi connectivity index (χ0v) is 19.5. The number of carbonyl (C=O) groups is 1. The molecule has 0 aromatic rings. The first-order valence-corrected chi connectivity index (χ1v) is 13.1. The average Bonchev–Trinajstić information content (AvgIpc) is 2.44. The SMILES string of the molecule is CC(=O)O[C@@H]1C[C@H]2C(C)(C)CCC[C@]2(C)C=C1CO[Si](C)(C)C(C)(C)C. The smallest absolute Gasteiger partial charge is 0.303 e. The summed E-state index contributed by atoms with van der Waals surface area (Å²) >= 11 is 0. The van der Waals surface area contributed by atoms with E-state index in [2.05, 4.69) is 60.7 Å². The van der Waals surface area contributed by atoms with Gasteiger partial charge in [0.25, 0.3) is 0 Å². The summed E-state index contributed by atoms with van der Waals surface area (Å²) in [7, 11) is -1.84. The Kier molecular flexibility index (Phi) is 5.91. The van der Waals surface area contributed by atoms with Crippen LogP contribution in [0.15, 0.2) is 11.6 Å². The Labute approximate surface area is 162 Å². The van der Waals surface area contributed by atoms with Crippen molar-refractivity contribution in [2.45, 2.75) is 98.4 Å². The van der Waals surface area contributed by atoms with E-state index in [9.17, 15) is 4.79 Å². The number of esters is 1. The van der Waals surface area contributed by atoms with E-state index in [1.54, 1.807) is 0 Å². The highest BCUT2D eigenvalue weighted by atomic mass is 28.4. The van der Waals surface area contributed by atoms with E-state index in [0.717, 1.165) is 6.42 Å². The molecular weight excluding hydrogens is 340 g/mol. The van der Waals surface area contributed by atoms with Crippen molar-refractivity contribution in [1.29, 1.82) is 0 Å². The van der Waals surface area contributed by atoms with Crippen molar-refractivity contribution in [3.05, 3.63) is 11.6 Å². The van der Waals surface area contributed by atoms with Crippen LogP contribution in [-0.4, -0.2) is 27.0 Å². The zero-order valence-electron chi connectivity index (χ0n) is 18.5. The first-order valence-electron chi connectivity index (χ1n) is 10.2. The monoisotopic (exact) mass is 380 g/mol. The lowest BCUT2D eigenvalue weighted by atomic mass is 9.52. The second-order valence-corrected chi connectivity index (χ2v) is 15.8. The van der Waals surface area contributed by atoms with Crippen LogP contribution < -0.4 is 0 Å². The maximum absolute atomic E-state index is 11.7. The summed E-state index contributed by atoms with van der Waals surface area (Å²) in [6.07, 6.45) is 6.96. The molecule has 0 spiro atoms. The van der Waals surface area contributed by atoms with Gasteiger partial charge in [-0.2, -0.15) is 0 Å². The standard InChI is InChI=1S/C22H40O3Si/c1-16(23)25-18-13-19-21(5,6)11-10-12-22(19,7)14-17(18)15-24-26(8,9)20(2,3)4/h14,18-19H,10-13,15H2,1-9H3/t18-,19+,22-/m1/s1. The Morgan fingerprint density at radius 3 is 2.38 bits per heavy atom. The molecule has 2 rings (SSSR count). The minimum atomic E-state index is -1.84. The first kappa shape index (κ1) is 21.7. The van der Waals surface area contributed by atoms with Crippen LogP contribution in [0.5, 0.6) is 0 Å². The molecule has 2 aliphatic carbocycles. The molecule has 0 bridgehead atoms. The van der Waals surface area contributed by atoms with Gasteiger partial charge in [-0.05, 0) is 59.7 Å². The van der Waals surface area contributed by atoms with E-state index in [-0.39, 0.29) is 27.9 Å². The summed E-state index contributed by atoms with van der Waals surface area (Å²) in [5.74, 6) is 0.357. The zero-order chi connectivity index (χ0) is 20.0. The summed E-state index contributed by atoms with van der Waals surface area (Å²) in [5.41, 5.74) is 1.65. The number of carbonyl (C=O) groups excluding carboxylic acids is 1. The maximum Gasteiger partial charge on any atom is 0.303 e. The number of fused-ring (bicyclic) bond motifs is 1. The Morgan fingerprint density at radius 1 is 1.23 bits per heavy atom. The molecule has 0 aromatic heterocycles. The Morgan fingerprint density at radius 2 is 1.85 bits per heavy atom. The fourth-order valence-corrected chi connectivity index (χ4v) is 5.71. The van der Waals surface area contributed by atoms with Crippen LogP contribution >= 0.6 is 0 Å². The van der Waals surface area contributed by atoms with E-state index in [4.69, 9.17) is 9.16 Å². The van der Waals surface area contributed by atoms with Crippen LogP contribution in [0.4, 0.5) is 0 Å². The summed E-state index contributed by atoms with van der Waals surface area (Å²) in [6.45, 7) is 20.6. The van der Waals surface area contributed by atoms with Crippen molar-refractivity contribution in [2.75, 3.05) is 6.61 Å². The molecule has 2 aliphatic rings. The molecule has 0 heterocycles. The number of allylic oxidation sites excluding steroid dienone is 1. The second-order valence-electron chi connectivity index (χ2n) is 11.0. The molecule has 1 fully saturated rings. The second kappa shape index (κ2) is 7.09. The van der Waals surface area contributed by atoms with Crippen LogP contribution in [0.25, 0.3) is 0 Å². The van der Waals surface area contributed by atoms with Crippen LogP contribution in [0.2, 0.25) is 18.1 Å². The first-order chi connectivity index (χ1) is 11.7. The van der Waals surface area contributed by atoms with E-state index in [1.807, 2.05) is 0 Å². The predicted octanol–water partition coefficient (Wildman–Crippen LogP) is 6.10. The van der Waals surface area contributed by atoms with E-state index >= 15 is 0 Å². The third-order valence-corrected chi connectivity index (χ3v) is 11.8. The molecule has 0 saturated heterocycles. The molecule has 0 aliphatic heterocycles. The average molecular weight is 381 g/mol. The molecule has 0 radical (unpaired) electrons. The van der Waals surface area contributed by atoms with Crippen LogP contribution in [0.3, 0.4) is 0 Å². The molecule has 0 amide bonds. The molecule has 150 valence electrons. The highest BCUT2D eigenvalue weighted by molar-refractivity contribution is 6.74. The Balaban J connectivity index is 2.30. The minimum absolute atomic E-state index is 0.132. The number of ether oxygens (including phenoxy) is 1. The molecule has 1 saturated carbocycles. The lowest BCUT2D eigenvalue weighted by Gasteiger charge is -2.53. The van der Waals surface area contributed by atoms with Gasteiger partial charge in [0.1, 0.15) is 6.10 Å². The van der Waals surface area contributed by atoms with Gasteiger partial charge < -0.3 is 9.16 Å². The minimum Gasteiger partial charge on any atom is -0.458 e. The number of hydrogen-bond donors (Lipinski definition) is 0. The quantitative estimate of drug-likeness (QED) is 0.336. The molecule has 0 N–H and O–H groups in total. The summed E-state index contributed by atoms with van der Waals surface area (Å²) in [4.78, 5) is 11.7. The van der Waals surface area contributed by atoms with Crippen LogP contribution in [0.1, 0.15) is 74.1 Å². The van der Waals surface area contributed by atoms with Gasteiger partial charge in [0, 0.05) is 6.92 Å². The molecule has 4 heteroatoms. The summed E-state index contributed by atoms with van der Waals surface area (Å²) in [5, 5.41) is 0.179. The third-order valence-electron chi connectivity index (χ3n) is 7.37. The fraction of sp³-hybridized carbons (Fsp3) is 0.864. The van der Waals surface area contributed by atoms with Gasteiger partial charge in [0.15, 0.2) is 8.32 Å². The van der Waals surface area contributed by atoms with Crippen molar-refractivity contribution >= 4 is 14.3 Å². The predicted molar refractivity (Wildman–Crippen MR) is 111 cm³/mol. The van der Waals surface area contributed by atoms with Crippen molar-refractivity contribution < 1.29 is 14.0 Å². The highest BCUT2D eigenvalue weighted by Crippen LogP contribution is 2.57. The van der Waals surface area contributed by atoms with Crippen LogP contribution in [0, 0.1) is 16.7 Å². The maximum atomic E-state index is 11.7. The molecule has 26 heavy (non-hydrogen) atoms. The molecule has 3 nitrogen and oxygen atoms in total. The van der Waals surface area contributed by atoms with Crippen LogP contribution in [-0.2, 0) is 14.0 Å². The summed E-state index contributed by atoms with van der Waals surface area (Å²) < 4.78 is 12.3. The highest BCUT2D eigenvalue weighted by Gasteiger charge is 2.50. The Hall–Kier alpha value is -0.613. The third kappa shape index (κ3) is 4.44. The van der Waals surface area contributed by atoms with Crippen molar-refractivity contribution in [3.8, 4) is 0 Å². The van der Waals surface area contributed by atoms with Gasteiger partial charge in [-0.25, -0.2) is 0 Å². The molecule has 0 aromatic carbocycles. The Bertz CT molecular complexity index is 570. The van der Waals surface area contributed by atoms with Gasteiger partial charge in [0.2, 0.25) is 0 Å². The van der Waals surface area contributed by atoms with Gasteiger partial charge in [-0.15, -0.1) is 0 Å². The normalized spacial score (nSPS) is 31.8. The molecule has 3 atom stereocenters. The van der Waals surface area contributed by atoms with Crippen molar-refractivity contribution in [2.24, 2.45) is 16.7 Å². The number of rotatable bonds is 4. The summed E-state index contributed by atoms with van der Waals surface area (Å²) in [6, 6.07) is 0. The van der Waals surface area contributed by atoms with Gasteiger partial charge in [0.05, 0.1) is 6.61 Å². The molecule has 0 unspecified atom stereocenters. The van der Waals surface area contributed by atoms with Gasteiger partial charge in [-0.1, -0.05) is 54.0 Å². The van der Waals surface area contributed by atoms with Gasteiger partial charge in [-0.3, -0.25) is 4.79 Å². The number of hydrogen-bond acceptors (Lipinski definition) is 3. The lowest BCUT2D eigenvalue weighted by molar-refractivity contribution is -0.148.